The van der Waals surface area contributed by atoms with Crippen LogP contribution in [0.4, 0.5) is 0 Å². The van der Waals surface area contributed by atoms with Crippen molar-refractivity contribution in [2.45, 2.75) is 13.8 Å². The molecular weight excluding hydrogens is 228 g/mol. The molecule has 0 aliphatic carbocycles. The lowest BCUT2D eigenvalue weighted by molar-refractivity contribution is 0.0788. The van der Waals surface area contributed by atoms with Gasteiger partial charge in [-0.2, -0.15) is 11.3 Å². The van der Waals surface area contributed by atoms with Crippen LogP contribution in [-0.2, 0) is 0 Å². The predicted molar refractivity (Wildman–Crippen MR) is 67.4 cm³/mol. The third-order valence-corrected chi connectivity index (χ3v) is 3.09. The lowest BCUT2D eigenvalue weighted by Crippen LogP contribution is -2.37. The van der Waals surface area contributed by atoms with E-state index in [1.54, 1.807) is 4.90 Å². The average Bonchev–Trinajstić information content (AvgIpc) is 2.59. The summed E-state index contributed by atoms with van der Waals surface area (Å²) >= 11 is 6.34. The molecule has 0 saturated carbocycles. The largest absolute Gasteiger partial charge is 0.392 e. The van der Waals surface area contributed by atoms with Gasteiger partial charge in [0.2, 0.25) is 0 Å². The average molecular weight is 242 g/mol. The third kappa shape index (κ3) is 3.00. The number of thiocarbonyl (C=S) groups is 1. The number of carbonyl (C=O) groups excluding carboxylic acids is 1. The van der Waals surface area contributed by atoms with Crippen LogP contribution in [-0.4, -0.2) is 28.9 Å². The van der Waals surface area contributed by atoms with E-state index < -0.39 is 0 Å². The van der Waals surface area contributed by atoms with Crippen molar-refractivity contribution in [2.75, 3.05) is 13.1 Å². The molecule has 0 aliphatic heterocycles. The summed E-state index contributed by atoms with van der Waals surface area (Å²) in [6.07, 6.45) is 0. The molecular formula is C10H14N2OS2. The Hall–Kier alpha value is -0.940. The highest BCUT2D eigenvalue weighted by Gasteiger charge is 2.17. The van der Waals surface area contributed by atoms with Gasteiger partial charge in [-0.05, 0) is 24.8 Å². The number of rotatable bonds is 4. The molecule has 5 heteroatoms. The summed E-state index contributed by atoms with van der Waals surface area (Å²) in [4.78, 5) is 14.0. The van der Waals surface area contributed by atoms with Gasteiger partial charge in [0, 0.05) is 11.9 Å². The van der Waals surface area contributed by atoms with Crippen molar-refractivity contribution in [1.82, 2.24) is 4.90 Å². The molecule has 1 heterocycles. The van der Waals surface area contributed by atoms with Crippen molar-refractivity contribution in [3.05, 3.63) is 21.9 Å². The Morgan fingerprint density at radius 1 is 1.60 bits per heavy atom. The molecule has 15 heavy (non-hydrogen) atoms. The van der Waals surface area contributed by atoms with Crippen LogP contribution >= 0.6 is 23.6 Å². The van der Waals surface area contributed by atoms with Gasteiger partial charge in [-0.1, -0.05) is 12.2 Å². The van der Waals surface area contributed by atoms with Crippen LogP contribution in [0.1, 0.15) is 22.8 Å². The maximum atomic E-state index is 12.0. The number of hydrogen-bond donors (Lipinski definition) is 1. The van der Waals surface area contributed by atoms with Gasteiger partial charge >= 0.3 is 0 Å². The Morgan fingerprint density at radius 3 is 2.67 bits per heavy atom. The van der Waals surface area contributed by atoms with Gasteiger partial charge in [0.25, 0.3) is 5.91 Å². The van der Waals surface area contributed by atoms with E-state index >= 15 is 0 Å². The summed E-state index contributed by atoms with van der Waals surface area (Å²) in [5.74, 6) is 0.00375. The molecule has 82 valence electrons. The molecule has 0 atom stereocenters. The molecule has 1 aromatic heterocycles. The minimum absolute atomic E-state index is 0.00375. The molecule has 0 fully saturated rings. The fourth-order valence-corrected chi connectivity index (χ4v) is 2.24. The number of nitrogens with zero attached hydrogens (tertiary/aromatic N) is 1. The molecule has 0 aromatic carbocycles. The maximum absolute atomic E-state index is 12.0. The fraction of sp³-hybridized carbons (Fsp3) is 0.400. The smallest absolute Gasteiger partial charge is 0.255 e. The van der Waals surface area contributed by atoms with E-state index in [0.717, 1.165) is 11.1 Å². The van der Waals surface area contributed by atoms with Gasteiger partial charge in [0.05, 0.1) is 17.1 Å². The molecule has 0 bridgehead atoms. The molecule has 0 unspecified atom stereocenters. The van der Waals surface area contributed by atoms with Crippen LogP contribution in [0.15, 0.2) is 10.8 Å². The lowest BCUT2D eigenvalue weighted by Gasteiger charge is -2.19. The summed E-state index contributed by atoms with van der Waals surface area (Å²) in [7, 11) is 0. The van der Waals surface area contributed by atoms with Crippen molar-refractivity contribution in [3.63, 3.8) is 0 Å². The Balaban J connectivity index is 2.82. The van der Waals surface area contributed by atoms with Crippen molar-refractivity contribution in [3.8, 4) is 0 Å². The van der Waals surface area contributed by atoms with Gasteiger partial charge in [-0.3, -0.25) is 4.79 Å². The highest BCUT2D eigenvalue weighted by atomic mass is 32.1. The van der Waals surface area contributed by atoms with Crippen molar-refractivity contribution in [1.29, 1.82) is 0 Å². The monoisotopic (exact) mass is 242 g/mol. The van der Waals surface area contributed by atoms with Crippen LogP contribution in [0.2, 0.25) is 0 Å². The third-order valence-electron chi connectivity index (χ3n) is 2.10. The van der Waals surface area contributed by atoms with E-state index in [9.17, 15) is 4.79 Å². The molecule has 0 radical (unpaired) electrons. The van der Waals surface area contributed by atoms with Gasteiger partial charge in [-0.25, -0.2) is 0 Å². The summed E-state index contributed by atoms with van der Waals surface area (Å²) in [5.41, 5.74) is 7.19. The zero-order valence-corrected chi connectivity index (χ0v) is 10.5. The molecule has 0 saturated heterocycles. The van der Waals surface area contributed by atoms with E-state index in [2.05, 4.69) is 0 Å². The number of aryl methyl sites for hydroxylation is 1. The van der Waals surface area contributed by atoms with Crippen LogP contribution < -0.4 is 5.73 Å². The summed E-state index contributed by atoms with van der Waals surface area (Å²) in [5, 5.41) is 3.82. The molecule has 1 aromatic rings. The fourth-order valence-electron chi connectivity index (χ4n) is 1.27. The zero-order chi connectivity index (χ0) is 11.4. The molecule has 1 rings (SSSR count). The van der Waals surface area contributed by atoms with Crippen molar-refractivity contribution >= 4 is 34.5 Å². The minimum Gasteiger partial charge on any atom is -0.392 e. The van der Waals surface area contributed by atoms with Gasteiger partial charge in [0.1, 0.15) is 0 Å². The second-order valence-corrected chi connectivity index (χ2v) is 4.52. The van der Waals surface area contributed by atoms with Crippen molar-refractivity contribution in [2.24, 2.45) is 5.73 Å². The highest BCUT2D eigenvalue weighted by Crippen LogP contribution is 2.15. The van der Waals surface area contributed by atoms with Gasteiger partial charge < -0.3 is 10.6 Å². The second-order valence-electron chi connectivity index (χ2n) is 3.25. The van der Waals surface area contributed by atoms with Crippen molar-refractivity contribution < 1.29 is 4.79 Å². The van der Waals surface area contributed by atoms with E-state index in [0.29, 0.717) is 18.1 Å². The van der Waals surface area contributed by atoms with Gasteiger partial charge in [-0.15, -0.1) is 0 Å². The van der Waals surface area contributed by atoms with Crippen LogP contribution in [0.25, 0.3) is 0 Å². The van der Waals surface area contributed by atoms with Crippen LogP contribution in [0.5, 0.6) is 0 Å². The Bertz CT molecular complexity index is 373. The first-order valence-corrected chi connectivity index (χ1v) is 6.01. The highest BCUT2D eigenvalue weighted by molar-refractivity contribution is 7.80. The number of thiophene rings is 1. The van der Waals surface area contributed by atoms with Crippen LogP contribution in [0, 0.1) is 6.92 Å². The first-order valence-electron chi connectivity index (χ1n) is 4.66. The quantitative estimate of drug-likeness (QED) is 0.819. The summed E-state index contributed by atoms with van der Waals surface area (Å²) in [6, 6.07) is 0. The molecule has 2 N–H and O–H groups in total. The number of likely N-dealkylation sites (N-methyl/N-ethyl adjacent to an activating group) is 1. The molecule has 0 spiro atoms. The van der Waals surface area contributed by atoms with E-state index in [4.69, 9.17) is 18.0 Å². The topological polar surface area (TPSA) is 46.3 Å². The lowest BCUT2D eigenvalue weighted by atomic mass is 10.2. The SMILES string of the molecule is CCN(CC(N)=S)C(=O)c1cscc1C. The molecule has 1 amide bonds. The number of hydrogen-bond acceptors (Lipinski definition) is 3. The predicted octanol–water partition coefficient (Wildman–Crippen LogP) is 1.80. The molecule has 0 aliphatic rings. The maximum Gasteiger partial charge on any atom is 0.255 e. The summed E-state index contributed by atoms with van der Waals surface area (Å²) in [6.45, 7) is 4.81. The number of nitrogens with two attached hydrogens (primary N) is 1. The Morgan fingerprint density at radius 2 is 2.27 bits per heavy atom. The first kappa shape index (κ1) is 12.1. The standard InChI is InChI=1S/C10H14N2OS2/c1-3-12(4-9(11)14)10(13)8-6-15-5-7(8)2/h5-6H,3-4H2,1-2H3,(H2,11,14). The minimum atomic E-state index is 0.00375. The summed E-state index contributed by atoms with van der Waals surface area (Å²) < 4.78 is 0. The zero-order valence-electron chi connectivity index (χ0n) is 8.82. The van der Waals surface area contributed by atoms with E-state index in [-0.39, 0.29) is 5.91 Å². The second kappa shape index (κ2) is 5.23. The first-order chi connectivity index (χ1) is 7.06. The Labute approximate surface area is 98.9 Å². The Kier molecular flexibility index (Phi) is 4.23. The van der Waals surface area contributed by atoms with Gasteiger partial charge in [0.15, 0.2) is 0 Å². The number of amides is 1. The number of carbonyl (C=O) groups is 1. The van der Waals surface area contributed by atoms with E-state index in [1.807, 2.05) is 24.6 Å². The normalized spacial score (nSPS) is 10.0. The molecule has 3 nitrogen and oxygen atoms in total. The van der Waals surface area contributed by atoms with Crippen LogP contribution in [0.3, 0.4) is 0 Å². The van der Waals surface area contributed by atoms with E-state index in [1.165, 1.54) is 11.3 Å².